The summed E-state index contributed by atoms with van der Waals surface area (Å²) in [6, 6.07) is 5.28. The van der Waals surface area contributed by atoms with E-state index in [9.17, 15) is 12.8 Å². The number of nitriles is 1. The summed E-state index contributed by atoms with van der Waals surface area (Å²) in [6.07, 6.45) is 3.57. The predicted molar refractivity (Wildman–Crippen MR) is 77.5 cm³/mol. The number of benzene rings is 1. The van der Waals surface area contributed by atoms with Crippen molar-refractivity contribution in [3.8, 4) is 6.07 Å². The van der Waals surface area contributed by atoms with Crippen molar-refractivity contribution in [2.75, 3.05) is 7.05 Å². The van der Waals surface area contributed by atoms with Crippen LogP contribution in [-0.2, 0) is 10.0 Å². The molecule has 2 rings (SSSR count). The van der Waals surface area contributed by atoms with E-state index in [4.69, 9.17) is 5.26 Å². The Morgan fingerprint density at radius 1 is 1.29 bits per heavy atom. The lowest BCUT2D eigenvalue weighted by atomic mass is 9.87. The number of halogens is 1. The molecule has 0 unspecified atom stereocenters. The molecule has 0 aliphatic heterocycles. The van der Waals surface area contributed by atoms with Crippen molar-refractivity contribution in [1.82, 2.24) is 4.31 Å². The molecule has 1 aliphatic rings. The Balaban J connectivity index is 2.34. The fourth-order valence-corrected chi connectivity index (χ4v) is 4.35. The van der Waals surface area contributed by atoms with Crippen LogP contribution in [0.5, 0.6) is 0 Å². The number of rotatable bonds is 3. The topological polar surface area (TPSA) is 61.2 Å². The lowest BCUT2D eigenvalue weighted by molar-refractivity contribution is 0.246. The molecule has 1 aromatic rings. The van der Waals surface area contributed by atoms with E-state index in [-0.39, 0.29) is 10.9 Å². The molecule has 0 radical (unpaired) electrons. The molecule has 4 nitrogen and oxygen atoms in total. The second-order valence-electron chi connectivity index (χ2n) is 5.66. The highest BCUT2D eigenvalue weighted by molar-refractivity contribution is 7.89. The molecule has 0 N–H and O–H groups in total. The van der Waals surface area contributed by atoms with Gasteiger partial charge in [0.15, 0.2) is 0 Å². The van der Waals surface area contributed by atoms with Crippen LogP contribution in [0.3, 0.4) is 0 Å². The van der Waals surface area contributed by atoms with Gasteiger partial charge in [-0.3, -0.25) is 0 Å². The predicted octanol–water partition coefficient (Wildman–Crippen LogP) is 2.90. The Morgan fingerprint density at radius 3 is 2.48 bits per heavy atom. The molecule has 1 saturated carbocycles. The van der Waals surface area contributed by atoms with Crippen LogP contribution >= 0.6 is 0 Å². The van der Waals surface area contributed by atoms with Crippen molar-refractivity contribution in [3.63, 3.8) is 0 Å². The van der Waals surface area contributed by atoms with Crippen LogP contribution in [0.4, 0.5) is 4.39 Å². The third kappa shape index (κ3) is 3.09. The zero-order valence-corrected chi connectivity index (χ0v) is 13.0. The van der Waals surface area contributed by atoms with E-state index in [2.05, 4.69) is 6.92 Å². The van der Waals surface area contributed by atoms with E-state index < -0.39 is 21.4 Å². The number of sulfonamides is 1. The van der Waals surface area contributed by atoms with Crippen molar-refractivity contribution in [1.29, 1.82) is 5.26 Å². The average molecular weight is 310 g/mol. The summed E-state index contributed by atoms with van der Waals surface area (Å²) in [5.74, 6) is -0.189. The van der Waals surface area contributed by atoms with Crippen molar-refractivity contribution in [2.24, 2.45) is 5.92 Å². The largest absolute Gasteiger partial charge is 0.244 e. The molecule has 0 saturated heterocycles. The van der Waals surface area contributed by atoms with Crippen molar-refractivity contribution >= 4 is 10.0 Å². The molecule has 0 bridgehead atoms. The van der Waals surface area contributed by atoms with Gasteiger partial charge in [-0.15, -0.1) is 0 Å². The average Bonchev–Trinajstić information content (AvgIpc) is 2.47. The van der Waals surface area contributed by atoms with Gasteiger partial charge in [-0.05, 0) is 43.7 Å². The maximum Gasteiger partial charge on any atom is 0.244 e. The summed E-state index contributed by atoms with van der Waals surface area (Å²) >= 11 is 0. The molecule has 6 heteroatoms. The van der Waals surface area contributed by atoms with Crippen molar-refractivity contribution in [3.05, 3.63) is 29.6 Å². The van der Waals surface area contributed by atoms with Gasteiger partial charge >= 0.3 is 0 Å². The highest BCUT2D eigenvalue weighted by Gasteiger charge is 2.32. The molecule has 1 aromatic carbocycles. The Morgan fingerprint density at radius 2 is 1.90 bits per heavy atom. The molecule has 0 heterocycles. The lowest BCUT2D eigenvalue weighted by Crippen LogP contribution is -2.39. The standard InChI is InChI=1S/C15H19FN2O2S/c1-11-6-8-12(9-7-11)18(2)21(19,20)15-5-3-4-14(16)13(15)10-17/h3-5,11-12H,6-9H2,1-2H3. The molecular weight excluding hydrogens is 291 g/mol. The zero-order chi connectivity index (χ0) is 15.6. The van der Waals surface area contributed by atoms with E-state index in [1.807, 2.05) is 0 Å². The van der Waals surface area contributed by atoms with E-state index in [0.717, 1.165) is 31.7 Å². The van der Waals surface area contributed by atoms with Crippen molar-refractivity contribution in [2.45, 2.75) is 43.5 Å². The van der Waals surface area contributed by atoms with Gasteiger partial charge < -0.3 is 0 Å². The third-order valence-corrected chi connectivity index (χ3v) is 6.20. The minimum atomic E-state index is -3.85. The van der Waals surface area contributed by atoms with E-state index >= 15 is 0 Å². The maximum absolute atomic E-state index is 13.6. The van der Waals surface area contributed by atoms with E-state index in [0.29, 0.717) is 5.92 Å². The second-order valence-corrected chi connectivity index (χ2v) is 7.63. The SMILES string of the molecule is CC1CCC(N(C)S(=O)(=O)c2cccc(F)c2C#N)CC1. The molecule has 114 valence electrons. The Kier molecular flexibility index (Phi) is 4.64. The molecule has 1 fully saturated rings. The van der Waals surface area contributed by atoms with Crippen LogP contribution in [0.25, 0.3) is 0 Å². The van der Waals surface area contributed by atoms with Gasteiger partial charge in [0.2, 0.25) is 10.0 Å². The molecule has 0 atom stereocenters. The van der Waals surface area contributed by atoms with Gasteiger partial charge in [0, 0.05) is 13.1 Å². The molecule has 0 aromatic heterocycles. The monoisotopic (exact) mass is 310 g/mol. The van der Waals surface area contributed by atoms with Gasteiger partial charge in [-0.2, -0.15) is 9.57 Å². The van der Waals surface area contributed by atoms with Gasteiger partial charge in [-0.1, -0.05) is 13.0 Å². The quantitative estimate of drug-likeness (QED) is 0.862. The normalized spacial score (nSPS) is 23.0. The van der Waals surface area contributed by atoms with Crippen LogP contribution in [0, 0.1) is 23.1 Å². The molecule has 21 heavy (non-hydrogen) atoms. The molecule has 0 amide bonds. The maximum atomic E-state index is 13.6. The molecular formula is C15H19FN2O2S. The first-order valence-corrected chi connectivity index (χ1v) is 8.48. The summed E-state index contributed by atoms with van der Waals surface area (Å²) in [7, 11) is -2.33. The zero-order valence-electron chi connectivity index (χ0n) is 12.2. The van der Waals surface area contributed by atoms with E-state index in [1.165, 1.54) is 23.5 Å². The van der Waals surface area contributed by atoms with Crippen LogP contribution in [0.15, 0.2) is 23.1 Å². The van der Waals surface area contributed by atoms with Gasteiger partial charge in [0.05, 0.1) is 0 Å². The third-order valence-electron chi connectivity index (χ3n) is 4.24. The smallest absolute Gasteiger partial charge is 0.207 e. The fourth-order valence-electron chi connectivity index (χ4n) is 2.79. The summed E-state index contributed by atoms with van der Waals surface area (Å²) in [4.78, 5) is -0.244. The first-order valence-electron chi connectivity index (χ1n) is 7.04. The van der Waals surface area contributed by atoms with Gasteiger partial charge in [0.1, 0.15) is 22.3 Å². The highest BCUT2D eigenvalue weighted by atomic mass is 32.2. The molecule has 0 spiro atoms. The Bertz CT molecular complexity index is 659. The minimum Gasteiger partial charge on any atom is -0.207 e. The Labute approximate surface area is 125 Å². The van der Waals surface area contributed by atoms with Gasteiger partial charge in [-0.25, -0.2) is 12.8 Å². The fraction of sp³-hybridized carbons (Fsp3) is 0.533. The van der Waals surface area contributed by atoms with Gasteiger partial charge in [0.25, 0.3) is 0 Å². The van der Waals surface area contributed by atoms with Crippen LogP contribution in [0.1, 0.15) is 38.2 Å². The summed E-state index contributed by atoms with van der Waals surface area (Å²) in [6.45, 7) is 2.16. The highest BCUT2D eigenvalue weighted by Crippen LogP contribution is 2.30. The number of nitrogens with zero attached hydrogens (tertiary/aromatic N) is 2. The van der Waals surface area contributed by atoms with Crippen LogP contribution in [-0.4, -0.2) is 25.8 Å². The molecule has 1 aliphatic carbocycles. The summed E-state index contributed by atoms with van der Waals surface area (Å²) in [5, 5.41) is 9.02. The van der Waals surface area contributed by atoms with Crippen LogP contribution < -0.4 is 0 Å². The lowest BCUT2D eigenvalue weighted by Gasteiger charge is -2.33. The van der Waals surface area contributed by atoms with Crippen molar-refractivity contribution < 1.29 is 12.8 Å². The Hall–Kier alpha value is -1.45. The summed E-state index contributed by atoms with van der Waals surface area (Å²) in [5.41, 5.74) is -0.409. The second kappa shape index (κ2) is 6.12. The number of hydrogen-bond donors (Lipinski definition) is 0. The first-order chi connectivity index (χ1) is 9.87. The number of hydrogen-bond acceptors (Lipinski definition) is 3. The first kappa shape index (κ1) is 15.9. The minimum absolute atomic E-state index is 0.0824. The summed E-state index contributed by atoms with van der Waals surface area (Å²) < 4.78 is 40.2. The van der Waals surface area contributed by atoms with Crippen LogP contribution in [0.2, 0.25) is 0 Å². The van der Waals surface area contributed by atoms with E-state index in [1.54, 1.807) is 6.07 Å².